The van der Waals surface area contributed by atoms with Crippen LogP contribution in [0.5, 0.6) is 5.75 Å². The largest absolute Gasteiger partial charge is 0.497 e. The minimum absolute atomic E-state index is 0.214. The van der Waals surface area contributed by atoms with Crippen LogP contribution in [0.3, 0.4) is 0 Å². The Morgan fingerprint density at radius 3 is 2.35 bits per heavy atom. The van der Waals surface area contributed by atoms with Gasteiger partial charge in [0.1, 0.15) is 5.75 Å². The number of rotatable bonds is 5. The summed E-state index contributed by atoms with van der Waals surface area (Å²) in [5.41, 5.74) is 1.97. The van der Waals surface area contributed by atoms with E-state index in [9.17, 15) is 8.42 Å². The maximum Gasteiger partial charge on any atom is 0.297 e. The van der Waals surface area contributed by atoms with Crippen LogP contribution in [0.1, 0.15) is 36.8 Å². The van der Waals surface area contributed by atoms with E-state index in [2.05, 4.69) is 12.1 Å². The highest BCUT2D eigenvalue weighted by molar-refractivity contribution is 7.86. The number of methoxy groups -OCH3 is 1. The van der Waals surface area contributed by atoms with Gasteiger partial charge in [0, 0.05) is 5.41 Å². The predicted octanol–water partition coefficient (Wildman–Crippen LogP) is 4.22. The Morgan fingerprint density at radius 1 is 1.04 bits per heavy atom. The summed E-state index contributed by atoms with van der Waals surface area (Å²) in [5.74, 6) is 1.35. The van der Waals surface area contributed by atoms with E-state index < -0.39 is 10.1 Å². The maximum absolute atomic E-state index is 12.8. The van der Waals surface area contributed by atoms with E-state index in [1.165, 1.54) is 0 Å². The van der Waals surface area contributed by atoms with Gasteiger partial charge in [-0.15, -0.1) is 0 Å². The summed E-state index contributed by atoms with van der Waals surface area (Å²) in [4.78, 5) is 0.232. The van der Waals surface area contributed by atoms with Crippen LogP contribution in [0.4, 0.5) is 0 Å². The molecule has 0 aliphatic heterocycles. The van der Waals surface area contributed by atoms with Gasteiger partial charge in [-0.1, -0.05) is 29.8 Å². The molecule has 3 unspecified atom stereocenters. The normalized spacial score (nSPS) is 27.6. The fraction of sp³-hybridized carbons (Fsp3) is 0.429. The molecular weight excluding hydrogens is 348 g/mol. The van der Waals surface area contributed by atoms with E-state index in [4.69, 9.17) is 8.92 Å². The first-order chi connectivity index (χ1) is 12.4. The Kier molecular flexibility index (Phi) is 4.32. The van der Waals surface area contributed by atoms with Crippen LogP contribution in [-0.2, 0) is 19.7 Å². The van der Waals surface area contributed by atoms with Crippen molar-refractivity contribution in [3.05, 3.63) is 59.7 Å². The maximum atomic E-state index is 12.8. The molecule has 0 spiro atoms. The third-order valence-corrected chi connectivity index (χ3v) is 7.37. The fourth-order valence-electron chi connectivity index (χ4n) is 4.62. The lowest BCUT2D eigenvalue weighted by Crippen LogP contribution is -2.38. The lowest BCUT2D eigenvalue weighted by Gasteiger charge is -2.35. The molecule has 4 rings (SSSR count). The van der Waals surface area contributed by atoms with Crippen molar-refractivity contribution in [3.8, 4) is 5.75 Å². The van der Waals surface area contributed by atoms with Crippen molar-refractivity contribution in [3.63, 3.8) is 0 Å². The molecule has 2 aromatic carbocycles. The number of aryl methyl sites for hydroxylation is 1. The lowest BCUT2D eigenvalue weighted by atomic mass is 9.75. The Labute approximate surface area is 155 Å². The van der Waals surface area contributed by atoms with Crippen molar-refractivity contribution in [1.82, 2.24) is 0 Å². The van der Waals surface area contributed by atoms with Crippen molar-refractivity contribution in [2.75, 3.05) is 7.11 Å². The van der Waals surface area contributed by atoms with Crippen molar-refractivity contribution in [1.29, 1.82) is 0 Å². The first-order valence-corrected chi connectivity index (χ1v) is 10.5. The molecule has 0 amide bonds. The number of ether oxygens (including phenoxy) is 1. The van der Waals surface area contributed by atoms with Crippen LogP contribution in [0.2, 0.25) is 0 Å². The van der Waals surface area contributed by atoms with Gasteiger partial charge in [0.25, 0.3) is 10.1 Å². The molecule has 2 aliphatic rings. The molecule has 0 aromatic heterocycles. The van der Waals surface area contributed by atoms with Crippen LogP contribution in [0, 0.1) is 12.8 Å². The van der Waals surface area contributed by atoms with Crippen LogP contribution < -0.4 is 4.74 Å². The molecule has 2 aromatic rings. The van der Waals surface area contributed by atoms with E-state index in [1.807, 2.05) is 19.1 Å². The molecule has 0 heterocycles. The third kappa shape index (κ3) is 2.93. The molecule has 4 nitrogen and oxygen atoms in total. The molecule has 2 fully saturated rings. The Morgan fingerprint density at radius 2 is 1.73 bits per heavy atom. The topological polar surface area (TPSA) is 52.6 Å². The fourth-order valence-corrected chi connectivity index (χ4v) is 5.77. The van der Waals surface area contributed by atoms with Crippen LogP contribution >= 0.6 is 0 Å². The van der Waals surface area contributed by atoms with Gasteiger partial charge in [0.2, 0.25) is 0 Å². The summed E-state index contributed by atoms with van der Waals surface area (Å²) < 4.78 is 36.7. The summed E-state index contributed by atoms with van der Waals surface area (Å²) in [7, 11) is -2.12. The molecule has 3 atom stereocenters. The zero-order chi connectivity index (χ0) is 18.4. The van der Waals surface area contributed by atoms with E-state index >= 15 is 0 Å². The predicted molar refractivity (Wildman–Crippen MR) is 99.9 cm³/mol. The molecule has 5 heteroatoms. The van der Waals surface area contributed by atoms with Gasteiger partial charge in [-0.25, -0.2) is 0 Å². The molecule has 0 saturated heterocycles. The van der Waals surface area contributed by atoms with Crippen molar-refractivity contribution in [2.45, 2.75) is 49.0 Å². The van der Waals surface area contributed by atoms with Crippen LogP contribution in [0.25, 0.3) is 0 Å². The number of fused-ring (bicyclic) bond motifs is 2. The summed E-state index contributed by atoms with van der Waals surface area (Å²) in [6.45, 7) is 1.94. The molecule has 2 bridgehead atoms. The quantitative estimate of drug-likeness (QED) is 0.738. The second kappa shape index (κ2) is 6.39. The van der Waals surface area contributed by atoms with Crippen molar-refractivity contribution < 1.29 is 17.3 Å². The molecular formula is C21H24O4S. The minimum Gasteiger partial charge on any atom is -0.497 e. The second-order valence-corrected chi connectivity index (χ2v) is 9.15. The third-order valence-electron chi connectivity index (χ3n) is 6.03. The zero-order valence-corrected chi connectivity index (χ0v) is 16.0. The first kappa shape index (κ1) is 17.6. The molecule has 0 N–H and O–H groups in total. The Hall–Kier alpha value is -1.85. The van der Waals surface area contributed by atoms with Gasteiger partial charge in [-0.05, 0) is 68.4 Å². The van der Waals surface area contributed by atoms with E-state index in [0.29, 0.717) is 5.92 Å². The molecule has 26 heavy (non-hydrogen) atoms. The average molecular weight is 372 g/mol. The minimum atomic E-state index is -3.77. The molecule has 2 saturated carbocycles. The van der Waals surface area contributed by atoms with Gasteiger partial charge in [-0.2, -0.15) is 8.42 Å². The highest BCUT2D eigenvalue weighted by Crippen LogP contribution is 2.57. The average Bonchev–Trinajstić information content (AvgIpc) is 3.21. The molecule has 138 valence electrons. The molecule has 0 radical (unpaired) electrons. The number of hydrogen-bond donors (Lipinski definition) is 0. The van der Waals surface area contributed by atoms with Crippen molar-refractivity contribution in [2.24, 2.45) is 5.92 Å². The number of benzene rings is 2. The Bertz CT molecular complexity index is 887. The highest BCUT2D eigenvalue weighted by Gasteiger charge is 2.55. The summed E-state index contributed by atoms with van der Waals surface area (Å²) in [6, 6.07) is 14.9. The summed E-state index contributed by atoms with van der Waals surface area (Å²) in [6.07, 6.45) is 3.60. The van der Waals surface area contributed by atoms with E-state index in [-0.39, 0.29) is 16.4 Å². The SMILES string of the molecule is COc1ccc(C23CCC(CC2OS(=O)(=O)c2ccc(C)cc2)C3)cc1. The van der Waals surface area contributed by atoms with Gasteiger partial charge >= 0.3 is 0 Å². The zero-order valence-electron chi connectivity index (χ0n) is 15.1. The van der Waals surface area contributed by atoms with Gasteiger partial charge in [-0.3, -0.25) is 4.18 Å². The van der Waals surface area contributed by atoms with E-state index in [0.717, 1.165) is 42.6 Å². The van der Waals surface area contributed by atoms with Crippen LogP contribution in [0.15, 0.2) is 53.4 Å². The van der Waals surface area contributed by atoms with Crippen LogP contribution in [-0.4, -0.2) is 21.6 Å². The van der Waals surface area contributed by atoms with Gasteiger partial charge in [0.05, 0.1) is 18.1 Å². The van der Waals surface area contributed by atoms with Crippen molar-refractivity contribution >= 4 is 10.1 Å². The summed E-state index contributed by atoms with van der Waals surface area (Å²) in [5, 5.41) is 0. The highest BCUT2D eigenvalue weighted by atomic mass is 32.2. The second-order valence-electron chi connectivity index (χ2n) is 7.58. The standard InChI is InChI=1S/C21H24O4S/c1-15-3-9-19(10-4-15)26(22,23)25-20-13-16-11-12-21(20,14-16)17-5-7-18(24-2)8-6-17/h3-10,16,20H,11-14H2,1-2H3. The Balaban J connectivity index is 1.64. The summed E-state index contributed by atoms with van der Waals surface area (Å²) >= 11 is 0. The lowest BCUT2D eigenvalue weighted by molar-refractivity contribution is 0.120. The first-order valence-electron chi connectivity index (χ1n) is 9.07. The smallest absolute Gasteiger partial charge is 0.297 e. The number of hydrogen-bond acceptors (Lipinski definition) is 4. The monoisotopic (exact) mass is 372 g/mol. The molecule has 2 aliphatic carbocycles. The van der Waals surface area contributed by atoms with Gasteiger partial charge in [0.15, 0.2) is 0 Å². The van der Waals surface area contributed by atoms with Gasteiger partial charge < -0.3 is 4.74 Å². The van der Waals surface area contributed by atoms with E-state index in [1.54, 1.807) is 31.4 Å².